The van der Waals surface area contributed by atoms with Gasteiger partial charge in [0, 0.05) is 17.5 Å². The summed E-state index contributed by atoms with van der Waals surface area (Å²) in [6, 6.07) is 6.98. The van der Waals surface area contributed by atoms with E-state index in [1.165, 1.54) is 25.0 Å². The first-order valence-corrected chi connectivity index (χ1v) is 8.16. The fourth-order valence-electron chi connectivity index (χ4n) is 2.04. The van der Waals surface area contributed by atoms with E-state index in [0.29, 0.717) is 12.6 Å². The molecule has 1 nitrogen and oxygen atoms in total. The van der Waals surface area contributed by atoms with E-state index in [1.54, 1.807) is 12.1 Å². The largest absolute Gasteiger partial charge is 0.446 e. The average molecular weight is 319 g/mol. The number of hydrogen-bond acceptors (Lipinski definition) is 2. The van der Waals surface area contributed by atoms with E-state index in [4.69, 9.17) is 0 Å². The summed E-state index contributed by atoms with van der Waals surface area (Å²) in [5.41, 5.74) is -3.21. The minimum Gasteiger partial charge on any atom is -0.310 e. The maximum atomic E-state index is 12.2. The Morgan fingerprint density at radius 2 is 1.67 bits per heavy atom. The maximum Gasteiger partial charge on any atom is 0.446 e. The monoisotopic (exact) mass is 319 g/mol. The number of nitrogens with one attached hydrogen (secondary N) is 1. The Labute approximate surface area is 129 Å². The summed E-state index contributed by atoms with van der Waals surface area (Å²) < 4.78 is 36.7. The third-order valence-corrected chi connectivity index (χ3v) is 3.97. The fraction of sp³-hybridized carbons (Fsp3) is 0.625. The van der Waals surface area contributed by atoms with E-state index in [2.05, 4.69) is 26.1 Å². The van der Waals surface area contributed by atoms with Gasteiger partial charge in [0.2, 0.25) is 0 Å². The van der Waals surface area contributed by atoms with Gasteiger partial charge in [-0.05, 0) is 48.7 Å². The molecule has 1 aromatic rings. The molecule has 1 atom stereocenters. The van der Waals surface area contributed by atoms with Crippen molar-refractivity contribution in [2.45, 2.75) is 63.0 Å². The zero-order valence-electron chi connectivity index (χ0n) is 12.8. The molecular formula is C16H24F3NS. The summed E-state index contributed by atoms with van der Waals surface area (Å²) in [6.45, 7) is 7.28. The summed E-state index contributed by atoms with van der Waals surface area (Å²) in [5, 5.41) is 3.41. The van der Waals surface area contributed by atoms with Crippen molar-refractivity contribution in [3.63, 3.8) is 0 Å². The molecule has 0 amide bonds. The standard InChI is InChI=1S/C16H24F3NS/c1-12(2)5-4-6-13(3)20-11-14-7-9-15(10-8-14)21-16(17,18)19/h7-10,12-13,20H,4-6,11H2,1-3H3. The molecule has 120 valence electrons. The molecule has 21 heavy (non-hydrogen) atoms. The molecule has 1 N–H and O–H groups in total. The third-order valence-electron chi connectivity index (χ3n) is 3.23. The molecule has 0 spiro atoms. The summed E-state index contributed by atoms with van der Waals surface area (Å²) >= 11 is -0.0728. The second-order valence-electron chi connectivity index (χ2n) is 5.80. The Hall–Kier alpha value is -0.680. The van der Waals surface area contributed by atoms with Crippen LogP contribution in [0.15, 0.2) is 29.2 Å². The van der Waals surface area contributed by atoms with Gasteiger partial charge in [0.15, 0.2) is 0 Å². The van der Waals surface area contributed by atoms with E-state index in [0.717, 1.165) is 17.9 Å². The molecule has 0 aliphatic heterocycles. The SMILES string of the molecule is CC(C)CCCC(C)NCc1ccc(SC(F)(F)F)cc1. The number of benzene rings is 1. The number of halogens is 3. The topological polar surface area (TPSA) is 12.0 Å². The molecular weight excluding hydrogens is 295 g/mol. The summed E-state index contributed by atoms with van der Waals surface area (Å²) in [5.74, 6) is 0.732. The van der Waals surface area contributed by atoms with E-state index in [-0.39, 0.29) is 16.7 Å². The average Bonchev–Trinajstić information content (AvgIpc) is 2.35. The molecule has 0 aliphatic carbocycles. The molecule has 1 rings (SSSR count). The molecule has 0 bridgehead atoms. The van der Waals surface area contributed by atoms with Gasteiger partial charge < -0.3 is 5.32 Å². The smallest absolute Gasteiger partial charge is 0.310 e. The lowest BCUT2D eigenvalue weighted by atomic mass is 10.0. The number of alkyl halides is 3. The number of hydrogen-bond donors (Lipinski definition) is 1. The van der Waals surface area contributed by atoms with Crippen LogP contribution in [0, 0.1) is 5.92 Å². The quantitative estimate of drug-likeness (QED) is 0.626. The van der Waals surface area contributed by atoms with E-state index in [9.17, 15) is 13.2 Å². The molecule has 0 saturated carbocycles. The normalized spacial score (nSPS) is 13.7. The van der Waals surface area contributed by atoms with Gasteiger partial charge in [-0.25, -0.2) is 0 Å². The Kier molecular flexibility index (Phi) is 7.60. The minimum absolute atomic E-state index is 0.0728. The van der Waals surface area contributed by atoms with Crippen molar-refractivity contribution in [3.05, 3.63) is 29.8 Å². The second kappa shape index (κ2) is 8.69. The van der Waals surface area contributed by atoms with Crippen LogP contribution in [-0.4, -0.2) is 11.6 Å². The summed E-state index contributed by atoms with van der Waals surface area (Å²) in [4.78, 5) is 0.233. The van der Waals surface area contributed by atoms with E-state index < -0.39 is 5.51 Å². The van der Waals surface area contributed by atoms with Crippen LogP contribution in [0.5, 0.6) is 0 Å². The summed E-state index contributed by atoms with van der Waals surface area (Å²) in [6.07, 6.45) is 3.56. The van der Waals surface area contributed by atoms with Gasteiger partial charge in [-0.1, -0.05) is 38.8 Å². The first-order chi connectivity index (χ1) is 9.76. The third kappa shape index (κ3) is 9.04. The van der Waals surface area contributed by atoms with Crippen LogP contribution in [0.4, 0.5) is 13.2 Å². The van der Waals surface area contributed by atoms with Crippen molar-refractivity contribution in [1.82, 2.24) is 5.32 Å². The Bertz CT molecular complexity index is 401. The highest BCUT2D eigenvalue weighted by molar-refractivity contribution is 8.00. The Morgan fingerprint density at radius 3 is 2.19 bits per heavy atom. The zero-order chi connectivity index (χ0) is 15.9. The van der Waals surface area contributed by atoms with Crippen LogP contribution < -0.4 is 5.32 Å². The van der Waals surface area contributed by atoms with Gasteiger partial charge in [-0.15, -0.1) is 0 Å². The van der Waals surface area contributed by atoms with Crippen molar-refractivity contribution in [2.24, 2.45) is 5.92 Å². The van der Waals surface area contributed by atoms with Gasteiger partial charge >= 0.3 is 5.51 Å². The molecule has 1 unspecified atom stereocenters. The highest BCUT2D eigenvalue weighted by Crippen LogP contribution is 2.36. The summed E-state index contributed by atoms with van der Waals surface area (Å²) in [7, 11) is 0. The van der Waals surface area contributed by atoms with Gasteiger partial charge in [0.1, 0.15) is 0 Å². The lowest BCUT2D eigenvalue weighted by molar-refractivity contribution is -0.0328. The lowest BCUT2D eigenvalue weighted by Crippen LogP contribution is -2.25. The van der Waals surface area contributed by atoms with Crippen LogP contribution in [0.1, 0.15) is 45.6 Å². The predicted molar refractivity (Wildman–Crippen MR) is 83.3 cm³/mol. The van der Waals surface area contributed by atoms with Crippen LogP contribution in [0.2, 0.25) is 0 Å². The van der Waals surface area contributed by atoms with Crippen LogP contribution in [0.3, 0.4) is 0 Å². The maximum absolute atomic E-state index is 12.2. The van der Waals surface area contributed by atoms with E-state index >= 15 is 0 Å². The zero-order valence-corrected chi connectivity index (χ0v) is 13.7. The van der Waals surface area contributed by atoms with Crippen molar-refractivity contribution in [3.8, 4) is 0 Å². The van der Waals surface area contributed by atoms with Crippen LogP contribution in [0.25, 0.3) is 0 Å². The molecule has 0 heterocycles. The van der Waals surface area contributed by atoms with E-state index in [1.807, 2.05) is 0 Å². The molecule has 0 aromatic heterocycles. The Balaban J connectivity index is 2.32. The van der Waals surface area contributed by atoms with Crippen molar-refractivity contribution >= 4 is 11.8 Å². The van der Waals surface area contributed by atoms with Crippen molar-refractivity contribution in [1.29, 1.82) is 0 Å². The lowest BCUT2D eigenvalue weighted by Gasteiger charge is -2.14. The highest BCUT2D eigenvalue weighted by atomic mass is 32.2. The number of thioether (sulfide) groups is 1. The molecule has 0 saturated heterocycles. The minimum atomic E-state index is -4.22. The van der Waals surface area contributed by atoms with Gasteiger partial charge in [-0.3, -0.25) is 0 Å². The first-order valence-electron chi connectivity index (χ1n) is 7.34. The van der Waals surface area contributed by atoms with Gasteiger partial charge in [0.05, 0.1) is 0 Å². The van der Waals surface area contributed by atoms with Crippen molar-refractivity contribution < 1.29 is 13.2 Å². The van der Waals surface area contributed by atoms with Gasteiger partial charge in [0.25, 0.3) is 0 Å². The fourth-order valence-corrected chi connectivity index (χ4v) is 2.57. The second-order valence-corrected chi connectivity index (χ2v) is 6.94. The first kappa shape index (κ1) is 18.4. The molecule has 0 fully saturated rings. The molecule has 0 aliphatic rings. The molecule has 0 radical (unpaired) electrons. The molecule has 1 aromatic carbocycles. The van der Waals surface area contributed by atoms with Crippen LogP contribution in [-0.2, 0) is 6.54 Å². The van der Waals surface area contributed by atoms with Crippen LogP contribution >= 0.6 is 11.8 Å². The Morgan fingerprint density at radius 1 is 1.05 bits per heavy atom. The molecule has 5 heteroatoms. The highest BCUT2D eigenvalue weighted by Gasteiger charge is 2.28. The predicted octanol–water partition coefficient (Wildman–Crippen LogP) is 5.60. The number of rotatable bonds is 8. The van der Waals surface area contributed by atoms with Crippen molar-refractivity contribution in [2.75, 3.05) is 0 Å². The van der Waals surface area contributed by atoms with Gasteiger partial charge in [-0.2, -0.15) is 13.2 Å².